The third-order valence-electron chi connectivity index (χ3n) is 2.67. The van der Waals surface area contributed by atoms with Crippen LogP contribution in [-0.2, 0) is 14.6 Å². The number of rotatable bonds is 4. The molecule has 14 heavy (non-hydrogen) atoms. The van der Waals surface area contributed by atoms with Crippen LogP contribution in [0.15, 0.2) is 0 Å². The predicted octanol–water partition coefficient (Wildman–Crippen LogP) is -0.529. The van der Waals surface area contributed by atoms with Crippen molar-refractivity contribution in [3.05, 3.63) is 0 Å². The smallest absolute Gasteiger partial charge is 0.303 e. The van der Waals surface area contributed by atoms with Crippen molar-refractivity contribution < 1.29 is 18.3 Å². The molecule has 0 amide bonds. The number of carboxylic acid groups (broad SMARTS) is 1. The Labute approximate surface area is 83.2 Å². The Morgan fingerprint density at radius 2 is 2.21 bits per heavy atom. The normalized spacial score (nSPS) is 27.4. The molecule has 1 rings (SSSR count). The first-order valence-corrected chi connectivity index (χ1v) is 6.39. The Balaban J connectivity index is 2.59. The van der Waals surface area contributed by atoms with Crippen molar-refractivity contribution in [1.29, 1.82) is 0 Å². The molecular formula is C8H15NO4S. The van der Waals surface area contributed by atoms with Crippen LogP contribution in [0, 0.1) is 11.8 Å². The predicted molar refractivity (Wildman–Crippen MR) is 51.6 cm³/mol. The van der Waals surface area contributed by atoms with Gasteiger partial charge in [-0.2, -0.15) is 0 Å². The average molecular weight is 221 g/mol. The fourth-order valence-corrected chi connectivity index (χ4v) is 3.78. The zero-order valence-electron chi connectivity index (χ0n) is 7.85. The number of hydrogen-bond donors (Lipinski definition) is 2. The van der Waals surface area contributed by atoms with Crippen LogP contribution in [0.4, 0.5) is 0 Å². The molecule has 1 aliphatic rings. The van der Waals surface area contributed by atoms with E-state index in [0.717, 1.165) is 0 Å². The van der Waals surface area contributed by atoms with Crippen molar-refractivity contribution in [2.45, 2.75) is 12.8 Å². The minimum absolute atomic E-state index is 0.0311. The van der Waals surface area contributed by atoms with Crippen LogP contribution in [0.5, 0.6) is 0 Å². The van der Waals surface area contributed by atoms with Gasteiger partial charge in [-0.3, -0.25) is 4.79 Å². The lowest BCUT2D eigenvalue weighted by Gasteiger charge is -2.18. The molecule has 3 N–H and O–H groups in total. The molecule has 1 aliphatic heterocycles. The Bertz CT molecular complexity index is 311. The summed E-state index contributed by atoms with van der Waals surface area (Å²) in [6.45, 7) is 0.243. The maximum absolute atomic E-state index is 11.2. The summed E-state index contributed by atoms with van der Waals surface area (Å²) >= 11 is 0. The quantitative estimate of drug-likeness (QED) is 0.665. The summed E-state index contributed by atoms with van der Waals surface area (Å²) in [5, 5.41) is 8.60. The van der Waals surface area contributed by atoms with Crippen LogP contribution >= 0.6 is 0 Å². The van der Waals surface area contributed by atoms with Crippen LogP contribution in [0.3, 0.4) is 0 Å². The van der Waals surface area contributed by atoms with E-state index in [1.807, 2.05) is 0 Å². The van der Waals surface area contributed by atoms with Gasteiger partial charge in [0.15, 0.2) is 9.84 Å². The number of carbonyl (C=O) groups is 1. The van der Waals surface area contributed by atoms with Gasteiger partial charge >= 0.3 is 5.97 Å². The fraction of sp³-hybridized carbons (Fsp3) is 0.875. The minimum atomic E-state index is -2.93. The summed E-state index contributed by atoms with van der Waals surface area (Å²) in [4.78, 5) is 10.5. The molecule has 2 unspecified atom stereocenters. The first kappa shape index (κ1) is 11.5. The lowest BCUT2D eigenvalue weighted by atomic mass is 9.89. The SMILES string of the molecule is NCC(CC(=O)O)C1CCS(=O)(=O)C1. The Hall–Kier alpha value is -0.620. The second kappa shape index (κ2) is 4.27. The van der Waals surface area contributed by atoms with Gasteiger partial charge in [0.05, 0.1) is 11.5 Å². The largest absolute Gasteiger partial charge is 0.481 e. The van der Waals surface area contributed by atoms with Gasteiger partial charge in [0.2, 0.25) is 0 Å². The molecule has 1 fully saturated rings. The summed E-state index contributed by atoms with van der Waals surface area (Å²) < 4.78 is 22.3. The Kier molecular flexibility index (Phi) is 3.49. The van der Waals surface area contributed by atoms with E-state index < -0.39 is 15.8 Å². The molecule has 0 bridgehead atoms. The molecule has 0 aromatic rings. The summed E-state index contributed by atoms with van der Waals surface area (Å²) in [7, 11) is -2.93. The van der Waals surface area contributed by atoms with E-state index in [-0.39, 0.29) is 36.3 Å². The Morgan fingerprint density at radius 1 is 1.57 bits per heavy atom. The van der Waals surface area contributed by atoms with E-state index in [4.69, 9.17) is 10.8 Å². The van der Waals surface area contributed by atoms with Crippen molar-refractivity contribution in [2.24, 2.45) is 17.6 Å². The molecular weight excluding hydrogens is 206 g/mol. The van der Waals surface area contributed by atoms with E-state index in [1.54, 1.807) is 0 Å². The lowest BCUT2D eigenvalue weighted by molar-refractivity contribution is -0.138. The molecule has 0 aromatic heterocycles. The van der Waals surface area contributed by atoms with Gasteiger partial charge in [-0.15, -0.1) is 0 Å². The highest BCUT2D eigenvalue weighted by molar-refractivity contribution is 7.91. The van der Waals surface area contributed by atoms with Crippen molar-refractivity contribution >= 4 is 15.8 Å². The molecule has 0 saturated carbocycles. The lowest BCUT2D eigenvalue weighted by Crippen LogP contribution is -2.26. The number of sulfone groups is 1. The van der Waals surface area contributed by atoms with E-state index in [1.165, 1.54) is 0 Å². The summed E-state index contributed by atoms with van der Waals surface area (Å²) in [6.07, 6.45) is 0.522. The van der Waals surface area contributed by atoms with Crippen LogP contribution in [0.25, 0.3) is 0 Å². The monoisotopic (exact) mass is 221 g/mol. The summed E-state index contributed by atoms with van der Waals surface area (Å²) in [5.74, 6) is -0.911. The molecule has 0 radical (unpaired) electrons. The van der Waals surface area contributed by atoms with Gasteiger partial charge < -0.3 is 10.8 Å². The first-order chi connectivity index (χ1) is 6.44. The van der Waals surface area contributed by atoms with Crippen LogP contribution in [0.1, 0.15) is 12.8 Å². The minimum Gasteiger partial charge on any atom is -0.481 e. The van der Waals surface area contributed by atoms with Gasteiger partial charge in [0, 0.05) is 6.42 Å². The van der Waals surface area contributed by atoms with Crippen LogP contribution < -0.4 is 5.73 Å². The fourth-order valence-electron chi connectivity index (χ4n) is 1.86. The topological polar surface area (TPSA) is 97.5 Å². The summed E-state index contributed by atoms with van der Waals surface area (Å²) in [5.41, 5.74) is 5.43. The molecule has 0 aliphatic carbocycles. The molecule has 0 aromatic carbocycles. The van der Waals surface area contributed by atoms with Gasteiger partial charge in [0.1, 0.15) is 0 Å². The van der Waals surface area contributed by atoms with E-state index in [2.05, 4.69) is 0 Å². The van der Waals surface area contributed by atoms with E-state index in [0.29, 0.717) is 6.42 Å². The van der Waals surface area contributed by atoms with E-state index in [9.17, 15) is 13.2 Å². The molecule has 1 saturated heterocycles. The second-order valence-electron chi connectivity index (χ2n) is 3.76. The number of aliphatic carboxylic acids is 1. The number of hydrogen-bond acceptors (Lipinski definition) is 4. The highest BCUT2D eigenvalue weighted by Gasteiger charge is 2.33. The van der Waals surface area contributed by atoms with Gasteiger partial charge in [-0.1, -0.05) is 0 Å². The highest BCUT2D eigenvalue weighted by Crippen LogP contribution is 2.27. The molecule has 5 nitrogen and oxygen atoms in total. The number of nitrogens with two attached hydrogens (primary N) is 1. The molecule has 82 valence electrons. The van der Waals surface area contributed by atoms with Gasteiger partial charge in [0.25, 0.3) is 0 Å². The van der Waals surface area contributed by atoms with Crippen molar-refractivity contribution in [3.63, 3.8) is 0 Å². The number of carboxylic acids is 1. The third-order valence-corrected chi connectivity index (χ3v) is 4.47. The van der Waals surface area contributed by atoms with Crippen LogP contribution in [-0.4, -0.2) is 37.5 Å². The van der Waals surface area contributed by atoms with Crippen molar-refractivity contribution in [1.82, 2.24) is 0 Å². The van der Waals surface area contributed by atoms with Crippen molar-refractivity contribution in [2.75, 3.05) is 18.1 Å². The Morgan fingerprint density at radius 3 is 2.57 bits per heavy atom. The summed E-state index contributed by atoms with van der Waals surface area (Å²) in [6, 6.07) is 0. The average Bonchev–Trinajstić information content (AvgIpc) is 2.41. The maximum Gasteiger partial charge on any atom is 0.303 e. The standard InChI is InChI=1S/C8H15NO4S/c9-4-7(3-8(10)11)6-1-2-14(12,13)5-6/h6-7H,1-5,9H2,(H,10,11). The van der Waals surface area contributed by atoms with Crippen LogP contribution in [0.2, 0.25) is 0 Å². The van der Waals surface area contributed by atoms with Crippen molar-refractivity contribution in [3.8, 4) is 0 Å². The van der Waals surface area contributed by atoms with Gasteiger partial charge in [-0.05, 0) is 24.8 Å². The van der Waals surface area contributed by atoms with Gasteiger partial charge in [-0.25, -0.2) is 8.42 Å². The molecule has 6 heteroatoms. The third kappa shape index (κ3) is 2.95. The molecule has 1 heterocycles. The zero-order valence-corrected chi connectivity index (χ0v) is 8.66. The first-order valence-electron chi connectivity index (χ1n) is 4.57. The molecule has 2 atom stereocenters. The molecule has 0 spiro atoms. The maximum atomic E-state index is 11.2. The highest BCUT2D eigenvalue weighted by atomic mass is 32.2. The van der Waals surface area contributed by atoms with E-state index >= 15 is 0 Å². The zero-order chi connectivity index (χ0) is 10.8. The second-order valence-corrected chi connectivity index (χ2v) is 5.99.